The van der Waals surface area contributed by atoms with E-state index in [9.17, 15) is 9.90 Å². The van der Waals surface area contributed by atoms with Crippen LogP contribution in [0.25, 0.3) is 0 Å². The maximum Gasteiger partial charge on any atom is 0.311 e. The van der Waals surface area contributed by atoms with Crippen LogP contribution in [0.1, 0.15) is 31.6 Å². The summed E-state index contributed by atoms with van der Waals surface area (Å²) in [5.41, 5.74) is -0.687. The molecule has 0 bridgehead atoms. The lowest BCUT2D eigenvalue weighted by Crippen LogP contribution is -2.25. The van der Waals surface area contributed by atoms with Gasteiger partial charge in [0.15, 0.2) is 5.82 Å². The van der Waals surface area contributed by atoms with Gasteiger partial charge in [0.1, 0.15) is 6.04 Å². The number of carboxylic acids is 1. The van der Waals surface area contributed by atoms with E-state index in [0.29, 0.717) is 25.2 Å². The van der Waals surface area contributed by atoms with E-state index in [1.54, 1.807) is 15.6 Å². The van der Waals surface area contributed by atoms with Crippen LogP contribution in [-0.2, 0) is 11.3 Å². The number of tetrazole rings is 1. The minimum atomic E-state index is -0.777. The Balaban J connectivity index is 1.85. The van der Waals surface area contributed by atoms with Crippen molar-refractivity contribution in [2.75, 3.05) is 0 Å². The Labute approximate surface area is 109 Å². The topological polar surface area (TPSA) is 98.7 Å². The lowest BCUT2D eigenvalue weighted by molar-refractivity contribution is -0.144. The molecule has 100 valence electrons. The summed E-state index contributed by atoms with van der Waals surface area (Å²) >= 11 is 0. The van der Waals surface area contributed by atoms with Crippen LogP contribution in [0.5, 0.6) is 0 Å². The normalized spacial score (nSPS) is 18.2. The molecule has 0 spiro atoms. The molecule has 1 N–H and O–H groups in total. The zero-order valence-corrected chi connectivity index (χ0v) is 10.5. The molecular weight excluding hydrogens is 248 g/mol. The standard InChI is InChI=1S/C11H14N6O2/c1-8(16-6-2-5-12-16)9-13-14-15-17(9)7-11(3-4-11)10(18)19/h2,5-6,8H,3-4,7H2,1H3,(H,18,19). The number of rotatable bonds is 5. The van der Waals surface area contributed by atoms with Crippen LogP contribution in [0.4, 0.5) is 0 Å². The Hall–Kier alpha value is -2.25. The highest BCUT2D eigenvalue weighted by Crippen LogP contribution is 2.47. The van der Waals surface area contributed by atoms with E-state index >= 15 is 0 Å². The maximum atomic E-state index is 11.2. The Morgan fingerprint density at radius 1 is 1.58 bits per heavy atom. The van der Waals surface area contributed by atoms with Crippen LogP contribution in [0.15, 0.2) is 18.5 Å². The Morgan fingerprint density at radius 2 is 2.37 bits per heavy atom. The second-order valence-corrected chi connectivity index (χ2v) is 4.94. The van der Waals surface area contributed by atoms with Crippen molar-refractivity contribution in [2.45, 2.75) is 32.4 Å². The number of nitrogens with zero attached hydrogens (tertiary/aromatic N) is 6. The number of aromatic nitrogens is 6. The molecule has 1 aliphatic carbocycles. The van der Waals surface area contributed by atoms with Crippen LogP contribution in [0.3, 0.4) is 0 Å². The van der Waals surface area contributed by atoms with Crippen molar-refractivity contribution in [3.05, 3.63) is 24.3 Å². The van der Waals surface area contributed by atoms with Crippen molar-refractivity contribution in [1.29, 1.82) is 0 Å². The van der Waals surface area contributed by atoms with Gasteiger partial charge in [-0.05, 0) is 36.3 Å². The first kappa shape index (κ1) is 11.8. The Morgan fingerprint density at radius 3 is 2.95 bits per heavy atom. The first-order valence-corrected chi connectivity index (χ1v) is 6.11. The van der Waals surface area contributed by atoms with Gasteiger partial charge >= 0.3 is 5.97 Å². The lowest BCUT2D eigenvalue weighted by atomic mass is 10.1. The number of carbonyl (C=O) groups is 1. The van der Waals surface area contributed by atoms with E-state index in [-0.39, 0.29) is 6.04 Å². The Bertz CT molecular complexity index is 586. The molecule has 8 heteroatoms. The third-order valence-electron chi connectivity index (χ3n) is 3.61. The van der Waals surface area contributed by atoms with Gasteiger partial charge in [-0.25, -0.2) is 4.68 Å². The molecule has 0 aliphatic heterocycles. The molecule has 0 saturated heterocycles. The maximum absolute atomic E-state index is 11.2. The highest BCUT2D eigenvalue weighted by molar-refractivity contribution is 5.77. The first-order valence-electron chi connectivity index (χ1n) is 6.11. The van der Waals surface area contributed by atoms with Crippen molar-refractivity contribution in [3.8, 4) is 0 Å². The minimum absolute atomic E-state index is 0.130. The van der Waals surface area contributed by atoms with Gasteiger partial charge in [-0.1, -0.05) is 0 Å². The van der Waals surface area contributed by atoms with Gasteiger partial charge in [-0.2, -0.15) is 5.10 Å². The highest BCUT2D eigenvalue weighted by Gasteiger charge is 2.51. The molecule has 19 heavy (non-hydrogen) atoms. The summed E-state index contributed by atoms with van der Waals surface area (Å²) in [6.07, 6.45) is 4.87. The summed E-state index contributed by atoms with van der Waals surface area (Å²) in [4.78, 5) is 11.2. The molecule has 1 aliphatic rings. The van der Waals surface area contributed by atoms with Crippen LogP contribution in [-0.4, -0.2) is 41.1 Å². The fraction of sp³-hybridized carbons (Fsp3) is 0.545. The predicted octanol–water partition coefficient (Wildman–Crippen LogP) is 0.344. The van der Waals surface area contributed by atoms with Crippen molar-refractivity contribution in [3.63, 3.8) is 0 Å². The number of aliphatic carboxylic acids is 1. The van der Waals surface area contributed by atoms with E-state index in [1.807, 2.05) is 19.2 Å². The van der Waals surface area contributed by atoms with Gasteiger partial charge < -0.3 is 5.11 Å². The van der Waals surface area contributed by atoms with Crippen molar-refractivity contribution in [2.24, 2.45) is 5.41 Å². The zero-order chi connectivity index (χ0) is 13.5. The van der Waals surface area contributed by atoms with Gasteiger partial charge in [0.25, 0.3) is 0 Å². The van der Waals surface area contributed by atoms with Crippen LogP contribution < -0.4 is 0 Å². The molecule has 0 amide bonds. The lowest BCUT2D eigenvalue weighted by Gasteiger charge is -2.14. The van der Waals surface area contributed by atoms with Gasteiger partial charge in [0.05, 0.1) is 12.0 Å². The molecule has 1 saturated carbocycles. The second kappa shape index (κ2) is 4.15. The fourth-order valence-electron chi connectivity index (χ4n) is 2.13. The third-order valence-corrected chi connectivity index (χ3v) is 3.61. The first-order chi connectivity index (χ1) is 9.12. The summed E-state index contributed by atoms with van der Waals surface area (Å²) in [5, 5.41) is 24.9. The zero-order valence-electron chi connectivity index (χ0n) is 10.5. The minimum Gasteiger partial charge on any atom is -0.481 e. The molecule has 2 aromatic rings. The SMILES string of the molecule is CC(c1nnnn1CC1(C(=O)O)CC1)n1cccn1. The molecule has 0 radical (unpaired) electrons. The average Bonchev–Trinajstić information content (AvgIpc) is 2.82. The molecule has 3 rings (SSSR count). The highest BCUT2D eigenvalue weighted by atomic mass is 16.4. The van der Waals surface area contributed by atoms with Gasteiger partial charge in [-0.3, -0.25) is 9.48 Å². The van der Waals surface area contributed by atoms with E-state index in [0.717, 1.165) is 0 Å². The summed E-state index contributed by atoms with van der Waals surface area (Å²) in [6.45, 7) is 2.24. The molecule has 8 nitrogen and oxygen atoms in total. The van der Waals surface area contributed by atoms with Crippen LogP contribution >= 0.6 is 0 Å². The van der Waals surface area contributed by atoms with Gasteiger partial charge in [0, 0.05) is 12.4 Å². The fourth-order valence-corrected chi connectivity index (χ4v) is 2.13. The average molecular weight is 262 g/mol. The van der Waals surface area contributed by atoms with E-state index in [4.69, 9.17) is 0 Å². The second-order valence-electron chi connectivity index (χ2n) is 4.94. The number of hydrogen-bond acceptors (Lipinski definition) is 5. The molecule has 2 aromatic heterocycles. The van der Waals surface area contributed by atoms with Crippen molar-refractivity contribution < 1.29 is 9.90 Å². The van der Waals surface area contributed by atoms with Crippen LogP contribution in [0, 0.1) is 5.41 Å². The quantitative estimate of drug-likeness (QED) is 0.834. The van der Waals surface area contributed by atoms with Crippen molar-refractivity contribution in [1.82, 2.24) is 30.0 Å². The molecule has 0 aromatic carbocycles. The van der Waals surface area contributed by atoms with Gasteiger partial charge in [0.2, 0.25) is 0 Å². The molecule has 1 fully saturated rings. The summed E-state index contributed by atoms with van der Waals surface area (Å²) in [7, 11) is 0. The third kappa shape index (κ3) is 1.98. The smallest absolute Gasteiger partial charge is 0.311 e. The molecule has 1 unspecified atom stereocenters. The summed E-state index contributed by atoms with van der Waals surface area (Å²) in [5.74, 6) is -0.156. The largest absolute Gasteiger partial charge is 0.481 e. The number of carboxylic acid groups (broad SMARTS) is 1. The Kier molecular flexibility index (Phi) is 2.58. The van der Waals surface area contributed by atoms with E-state index in [1.165, 1.54) is 0 Å². The number of hydrogen-bond donors (Lipinski definition) is 1. The monoisotopic (exact) mass is 262 g/mol. The summed E-state index contributed by atoms with van der Waals surface area (Å²) < 4.78 is 3.32. The predicted molar refractivity (Wildman–Crippen MR) is 63.2 cm³/mol. The molecule has 1 atom stereocenters. The molecular formula is C11H14N6O2. The van der Waals surface area contributed by atoms with E-state index in [2.05, 4.69) is 20.6 Å². The van der Waals surface area contributed by atoms with Crippen molar-refractivity contribution >= 4 is 5.97 Å². The molecule has 2 heterocycles. The van der Waals surface area contributed by atoms with E-state index < -0.39 is 11.4 Å². The summed E-state index contributed by atoms with van der Waals surface area (Å²) in [6, 6.07) is 1.69. The van der Waals surface area contributed by atoms with Crippen LogP contribution in [0.2, 0.25) is 0 Å². The van der Waals surface area contributed by atoms with Gasteiger partial charge in [-0.15, -0.1) is 5.10 Å².